The second kappa shape index (κ2) is 4.52. The van der Waals surface area contributed by atoms with E-state index in [1.54, 1.807) is 0 Å². The van der Waals surface area contributed by atoms with Crippen LogP contribution in [0.25, 0.3) is 0 Å². The number of benzene rings is 1. The lowest BCUT2D eigenvalue weighted by Crippen LogP contribution is -2.12. The summed E-state index contributed by atoms with van der Waals surface area (Å²) in [5, 5.41) is 0.827. The van der Waals surface area contributed by atoms with Crippen molar-refractivity contribution in [3.63, 3.8) is 0 Å². The number of hydrogen-bond acceptors (Lipinski definition) is 1. The van der Waals surface area contributed by atoms with Gasteiger partial charge in [0.05, 0.1) is 0 Å². The van der Waals surface area contributed by atoms with Crippen molar-refractivity contribution in [2.24, 2.45) is 11.7 Å². The Morgan fingerprint density at radius 2 is 2.07 bits per heavy atom. The molecule has 1 aliphatic carbocycles. The van der Waals surface area contributed by atoms with Crippen LogP contribution in [0.5, 0.6) is 0 Å². The Bertz CT molecular complexity index is 321. The van der Waals surface area contributed by atoms with Crippen molar-refractivity contribution in [3.05, 3.63) is 34.3 Å². The van der Waals surface area contributed by atoms with Gasteiger partial charge in [-0.15, -0.1) is 12.4 Å². The van der Waals surface area contributed by atoms with Gasteiger partial charge in [-0.05, 0) is 42.9 Å². The Hall–Kier alpha value is -0.240. The predicted octanol–water partition coefficient (Wildman–Crippen LogP) is 3.48. The third kappa shape index (κ3) is 2.41. The fourth-order valence-corrected chi connectivity index (χ4v) is 1.73. The van der Waals surface area contributed by atoms with Crippen LogP contribution in [-0.4, -0.2) is 0 Å². The number of hydrogen-bond donors (Lipinski definition) is 1. The zero-order chi connectivity index (χ0) is 9.42. The van der Waals surface area contributed by atoms with E-state index in [4.69, 9.17) is 17.3 Å². The number of nitrogens with two attached hydrogens (primary N) is 1. The molecule has 1 saturated carbocycles. The monoisotopic (exact) mass is 231 g/mol. The molecule has 0 bridgehead atoms. The maximum Gasteiger partial charge on any atom is 0.0438 e. The molecule has 1 aromatic carbocycles. The lowest BCUT2D eigenvalue weighted by Gasteiger charge is -2.11. The molecular weight excluding hydrogens is 217 g/mol. The van der Waals surface area contributed by atoms with Gasteiger partial charge in [0, 0.05) is 11.1 Å². The average molecular weight is 232 g/mol. The molecule has 2 N–H and O–H groups in total. The van der Waals surface area contributed by atoms with Crippen LogP contribution >= 0.6 is 24.0 Å². The molecule has 0 spiro atoms. The van der Waals surface area contributed by atoms with E-state index in [0.29, 0.717) is 5.92 Å². The Morgan fingerprint density at radius 1 is 1.43 bits per heavy atom. The van der Waals surface area contributed by atoms with Gasteiger partial charge in [0.25, 0.3) is 0 Å². The average Bonchev–Trinajstić information content (AvgIpc) is 2.91. The molecule has 0 aromatic heterocycles. The van der Waals surface area contributed by atoms with Gasteiger partial charge >= 0.3 is 0 Å². The summed E-state index contributed by atoms with van der Waals surface area (Å²) in [7, 11) is 0. The normalized spacial score (nSPS) is 17.4. The van der Waals surface area contributed by atoms with Crippen molar-refractivity contribution in [2.45, 2.75) is 25.8 Å². The van der Waals surface area contributed by atoms with E-state index >= 15 is 0 Å². The highest BCUT2D eigenvalue weighted by atomic mass is 35.5. The third-order valence-corrected chi connectivity index (χ3v) is 3.12. The summed E-state index contributed by atoms with van der Waals surface area (Å²) in [4.78, 5) is 0. The molecule has 1 nitrogen and oxygen atoms in total. The lowest BCUT2D eigenvalue weighted by molar-refractivity contribution is 0.633. The maximum atomic E-state index is 6.06. The lowest BCUT2D eigenvalue weighted by atomic mass is 10.0. The smallest absolute Gasteiger partial charge is 0.0438 e. The quantitative estimate of drug-likeness (QED) is 0.829. The van der Waals surface area contributed by atoms with Crippen LogP contribution in [0, 0.1) is 12.8 Å². The first-order chi connectivity index (χ1) is 6.18. The van der Waals surface area contributed by atoms with Gasteiger partial charge in [-0.3, -0.25) is 0 Å². The van der Waals surface area contributed by atoms with E-state index in [-0.39, 0.29) is 18.4 Å². The zero-order valence-corrected chi connectivity index (χ0v) is 9.74. The fraction of sp³-hybridized carbons (Fsp3) is 0.455. The van der Waals surface area contributed by atoms with Crippen molar-refractivity contribution in [1.29, 1.82) is 0 Å². The molecule has 0 heterocycles. The van der Waals surface area contributed by atoms with Gasteiger partial charge in [0.1, 0.15) is 0 Å². The first-order valence-corrected chi connectivity index (χ1v) is 5.08. The maximum absolute atomic E-state index is 6.06. The van der Waals surface area contributed by atoms with Crippen LogP contribution < -0.4 is 5.73 Å². The van der Waals surface area contributed by atoms with Crippen molar-refractivity contribution >= 4 is 24.0 Å². The van der Waals surface area contributed by atoms with Crippen LogP contribution in [0.3, 0.4) is 0 Å². The number of rotatable bonds is 2. The van der Waals surface area contributed by atoms with Crippen LogP contribution in [0.15, 0.2) is 18.2 Å². The topological polar surface area (TPSA) is 26.0 Å². The van der Waals surface area contributed by atoms with Gasteiger partial charge in [-0.1, -0.05) is 23.7 Å². The molecule has 0 aliphatic heterocycles. The minimum Gasteiger partial charge on any atom is -0.324 e. The highest BCUT2D eigenvalue weighted by Gasteiger charge is 2.29. The van der Waals surface area contributed by atoms with E-state index in [1.807, 2.05) is 19.1 Å². The van der Waals surface area contributed by atoms with Gasteiger partial charge in [-0.2, -0.15) is 0 Å². The predicted molar refractivity (Wildman–Crippen MR) is 63.1 cm³/mol. The Balaban J connectivity index is 0.000000980. The Morgan fingerprint density at radius 3 is 2.57 bits per heavy atom. The fourth-order valence-electron chi connectivity index (χ4n) is 1.54. The van der Waals surface area contributed by atoms with E-state index in [2.05, 4.69) is 6.07 Å². The Kier molecular flexibility index (Phi) is 3.82. The molecule has 1 aliphatic rings. The molecule has 0 saturated heterocycles. The molecule has 0 amide bonds. The summed E-state index contributed by atoms with van der Waals surface area (Å²) in [6, 6.07) is 6.32. The van der Waals surface area contributed by atoms with Crippen LogP contribution in [0.4, 0.5) is 0 Å². The second-order valence-electron chi connectivity index (χ2n) is 3.87. The van der Waals surface area contributed by atoms with Crippen LogP contribution in [-0.2, 0) is 0 Å². The first-order valence-electron chi connectivity index (χ1n) is 4.70. The molecule has 2 rings (SSSR count). The molecule has 78 valence electrons. The van der Waals surface area contributed by atoms with Crippen LogP contribution in [0.2, 0.25) is 5.02 Å². The Labute approximate surface area is 96.0 Å². The largest absolute Gasteiger partial charge is 0.324 e. The summed E-state index contributed by atoms with van der Waals surface area (Å²) >= 11 is 6.03. The van der Waals surface area contributed by atoms with E-state index in [0.717, 1.165) is 10.6 Å². The van der Waals surface area contributed by atoms with Gasteiger partial charge in [0.15, 0.2) is 0 Å². The summed E-state index contributed by atoms with van der Waals surface area (Å²) in [5.41, 5.74) is 8.36. The molecule has 0 radical (unpaired) electrons. The molecule has 14 heavy (non-hydrogen) atoms. The van der Waals surface area contributed by atoms with Gasteiger partial charge in [-0.25, -0.2) is 0 Å². The second-order valence-corrected chi connectivity index (χ2v) is 4.28. The summed E-state index contributed by atoms with van der Waals surface area (Å²) < 4.78 is 0. The van der Waals surface area contributed by atoms with Crippen molar-refractivity contribution in [2.75, 3.05) is 0 Å². The van der Waals surface area contributed by atoms with Gasteiger partial charge in [0.2, 0.25) is 0 Å². The molecule has 0 unspecified atom stereocenters. The van der Waals surface area contributed by atoms with E-state index in [9.17, 15) is 0 Å². The summed E-state index contributed by atoms with van der Waals surface area (Å²) in [6.07, 6.45) is 2.54. The molecule has 1 aromatic rings. The van der Waals surface area contributed by atoms with E-state index < -0.39 is 0 Å². The third-order valence-electron chi connectivity index (χ3n) is 2.71. The number of aryl methyl sites for hydroxylation is 1. The van der Waals surface area contributed by atoms with Crippen molar-refractivity contribution in [3.8, 4) is 0 Å². The number of halogens is 2. The first kappa shape index (κ1) is 11.8. The minimum atomic E-state index is 0. The minimum absolute atomic E-state index is 0. The van der Waals surface area contributed by atoms with Crippen molar-refractivity contribution < 1.29 is 0 Å². The van der Waals surface area contributed by atoms with Crippen molar-refractivity contribution in [1.82, 2.24) is 0 Å². The van der Waals surface area contributed by atoms with Gasteiger partial charge < -0.3 is 5.73 Å². The highest BCUT2D eigenvalue weighted by Crippen LogP contribution is 2.39. The molecule has 1 fully saturated rings. The van der Waals surface area contributed by atoms with Crippen LogP contribution in [0.1, 0.15) is 30.0 Å². The molecule has 3 heteroatoms. The molecular formula is C11H15Cl2N. The highest BCUT2D eigenvalue weighted by molar-refractivity contribution is 6.31. The van der Waals surface area contributed by atoms with E-state index in [1.165, 1.54) is 18.4 Å². The molecule has 1 atom stereocenters. The standard InChI is InChI=1S/C11H14ClN.ClH/c1-7-2-3-9(6-10(7)12)11(13)8-4-5-8;/h2-3,6,8,11H,4-5,13H2,1H3;1H/t11-;/m1./s1. The summed E-state index contributed by atoms with van der Waals surface area (Å²) in [6.45, 7) is 2.01. The zero-order valence-electron chi connectivity index (χ0n) is 8.16. The summed E-state index contributed by atoms with van der Waals surface area (Å²) in [5.74, 6) is 0.693. The SMILES string of the molecule is Cc1ccc([C@H](N)C2CC2)cc1Cl.Cl.